The van der Waals surface area contributed by atoms with Gasteiger partial charge < -0.3 is 5.32 Å². The van der Waals surface area contributed by atoms with E-state index in [-0.39, 0.29) is 0 Å². The molecule has 0 aliphatic heterocycles. The Bertz CT molecular complexity index is 526. The molecule has 17 heavy (non-hydrogen) atoms. The van der Waals surface area contributed by atoms with Crippen LogP contribution in [0.25, 0.3) is 0 Å². The van der Waals surface area contributed by atoms with Gasteiger partial charge in [-0.05, 0) is 31.9 Å². The Morgan fingerprint density at radius 2 is 2.00 bits per heavy atom. The van der Waals surface area contributed by atoms with Gasteiger partial charge in [-0.25, -0.2) is 0 Å². The normalized spacial score (nSPS) is 10.6. The van der Waals surface area contributed by atoms with Gasteiger partial charge in [0.05, 0.1) is 11.4 Å². The van der Waals surface area contributed by atoms with Crippen LogP contribution in [-0.4, -0.2) is 9.78 Å². The molecule has 0 saturated carbocycles. The number of aryl methyl sites for hydroxylation is 4. The van der Waals surface area contributed by atoms with Gasteiger partial charge in [-0.3, -0.25) is 4.68 Å². The number of nitrogens with zero attached hydrogens (tertiary/aromatic N) is 2. The van der Waals surface area contributed by atoms with E-state index in [1.54, 1.807) is 0 Å². The van der Waals surface area contributed by atoms with Crippen molar-refractivity contribution in [3.05, 3.63) is 46.8 Å². The van der Waals surface area contributed by atoms with Crippen LogP contribution in [0.5, 0.6) is 0 Å². The molecule has 0 fully saturated rings. The zero-order valence-corrected chi connectivity index (χ0v) is 10.9. The van der Waals surface area contributed by atoms with Gasteiger partial charge in [0.1, 0.15) is 0 Å². The summed E-state index contributed by atoms with van der Waals surface area (Å²) in [5, 5.41) is 7.75. The highest BCUT2D eigenvalue weighted by Gasteiger charge is 2.03. The number of hydrogen-bond donors (Lipinski definition) is 1. The summed E-state index contributed by atoms with van der Waals surface area (Å²) in [5.74, 6) is 0. The number of aromatic nitrogens is 2. The molecular formula is C14H19N3. The Hall–Kier alpha value is -1.77. The Morgan fingerprint density at radius 3 is 2.65 bits per heavy atom. The van der Waals surface area contributed by atoms with E-state index in [0.717, 1.165) is 17.9 Å². The minimum atomic E-state index is 0.847. The Labute approximate surface area is 102 Å². The van der Waals surface area contributed by atoms with Gasteiger partial charge in [0.15, 0.2) is 0 Å². The fraction of sp³-hybridized carbons (Fsp3) is 0.357. The maximum absolute atomic E-state index is 4.32. The van der Waals surface area contributed by atoms with E-state index >= 15 is 0 Å². The van der Waals surface area contributed by atoms with E-state index in [4.69, 9.17) is 0 Å². The van der Waals surface area contributed by atoms with E-state index in [1.807, 2.05) is 24.9 Å². The third-order valence-electron chi connectivity index (χ3n) is 2.99. The molecule has 0 saturated heterocycles. The van der Waals surface area contributed by atoms with Gasteiger partial charge in [0, 0.05) is 19.8 Å². The van der Waals surface area contributed by atoms with Crippen molar-refractivity contribution >= 4 is 5.69 Å². The van der Waals surface area contributed by atoms with Gasteiger partial charge >= 0.3 is 0 Å². The number of benzene rings is 1. The summed E-state index contributed by atoms with van der Waals surface area (Å²) in [6.45, 7) is 7.14. The molecule has 1 heterocycles. The van der Waals surface area contributed by atoms with Crippen molar-refractivity contribution < 1.29 is 0 Å². The average molecular weight is 229 g/mol. The van der Waals surface area contributed by atoms with E-state index in [9.17, 15) is 0 Å². The Kier molecular flexibility index (Phi) is 3.18. The van der Waals surface area contributed by atoms with Crippen LogP contribution in [0.3, 0.4) is 0 Å². The van der Waals surface area contributed by atoms with Crippen LogP contribution in [0.2, 0.25) is 0 Å². The summed E-state index contributed by atoms with van der Waals surface area (Å²) < 4.78 is 1.83. The maximum atomic E-state index is 4.32. The Balaban J connectivity index is 2.12. The third kappa shape index (κ3) is 2.67. The summed E-state index contributed by atoms with van der Waals surface area (Å²) in [6, 6.07) is 6.55. The largest absolute Gasteiger partial charge is 0.378 e. The Morgan fingerprint density at radius 1 is 1.24 bits per heavy atom. The maximum Gasteiger partial charge on any atom is 0.0825 e. The zero-order chi connectivity index (χ0) is 12.4. The second-order valence-corrected chi connectivity index (χ2v) is 4.59. The van der Waals surface area contributed by atoms with Gasteiger partial charge in [0.25, 0.3) is 0 Å². The lowest BCUT2D eigenvalue weighted by Gasteiger charge is -2.09. The third-order valence-corrected chi connectivity index (χ3v) is 2.99. The number of hydrogen-bond acceptors (Lipinski definition) is 2. The van der Waals surface area contributed by atoms with Crippen LogP contribution in [0.15, 0.2) is 24.4 Å². The highest BCUT2D eigenvalue weighted by atomic mass is 15.3. The van der Waals surface area contributed by atoms with Crippen LogP contribution in [0, 0.1) is 20.8 Å². The topological polar surface area (TPSA) is 29.9 Å². The second kappa shape index (κ2) is 4.62. The van der Waals surface area contributed by atoms with Crippen LogP contribution in [0.4, 0.5) is 5.69 Å². The first-order chi connectivity index (χ1) is 8.06. The average Bonchev–Trinajstić information content (AvgIpc) is 2.59. The van der Waals surface area contributed by atoms with Crippen LogP contribution < -0.4 is 5.32 Å². The minimum absolute atomic E-state index is 0.847. The molecular weight excluding hydrogens is 210 g/mol. The van der Waals surface area contributed by atoms with E-state index < -0.39 is 0 Å². The molecule has 3 heteroatoms. The van der Waals surface area contributed by atoms with E-state index in [1.165, 1.54) is 16.7 Å². The molecule has 2 rings (SSSR count). The SMILES string of the molecule is Cc1ccc(C)c(CNc2cn(C)nc2C)c1. The molecule has 2 aromatic rings. The molecule has 0 atom stereocenters. The molecule has 0 bridgehead atoms. The molecule has 90 valence electrons. The molecule has 0 radical (unpaired) electrons. The standard InChI is InChI=1S/C14H19N3/c1-10-5-6-11(2)13(7-10)8-15-14-9-17(4)16-12(14)3/h5-7,9,15H,8H2,1-4H3. The summed E-state index contributed by atoms with van der Waals surface area (Å²) in [7, 11) is 1.94. The molecule has 0 aliphatic rings. The monoisotopic (exact) mass is 229 g/mol. The van der Waals surface area contributed by atoms with Crippen molar-refractivity contribution in [3.63, 3.8) is 0 Å². The van der Waals surface area contributed by atoms with Crippen molar-refractivity contribution in [3.8, 4) is 0 Å². The molecule has 0 aliphatic carbocycles. The van der Waals surface area contributed by atoms with Crippen LogP contribution >= 0.6 is 0 Å². The van der Waals surface area contributed by atoms with Crippen molar-refractivity contribution in [1.82, 2.24) is 9.78 Å². The number of anilines is 1. The number of nitrogens with one attached hydrogen (secondary N) is 1. The lowest BCUT2D eigenvalue weighted by atomic mass is 10.1. The molecule has 0 spiro atoms. The van der Waals surface area contributed by atoms with Crippen molar-refractivity contribution in [2.24, 2.45) is 7.05 Å². The van der Waals surface area contributed by atoms with Gasteiger partial charge in [-0.2, -0.15) is 5.10 Å². The fourth-order valence-electron chi connectivity index (χ4n) is 1.95. The highest BCUT2D eigenvalue weighted by Crippen LogP contribution is 2.16. The zero-order valence-electron chi connectivity index (χ0n) is 10.9. The lowest BCUT2D eigenvalue weighted by molar-refractivity contribution is 0.756. The van der Waals surface area contributed by atoms with Gasteiger partial charge in [-0.1, -0.05) is 23.8 Å². The molecule has 1 aromatic carbocycles. The highest BCUT2D eigenvalue weighted by molar-refractivity contribution is 5.46. The van der Waals surface area contributed by atoms with E-state index in [0.29, 0.717) is 0 Å². The number of rotatable bonds is 3. The quantitative estimate of drug-likeness (QED) is 0.877. The van der Waals surface area contributed by atoms with Gasteiger partial charge in [0.2, 0.25) is 0 Å². The summed E-state index contributed by atoms with van der Waals surface area (Å²) in [6.07, 6.45) is 2.01. The molecule has 1 aromatic heterocycles. The summed E-state index contributed by atoms with van der Waals surface area (Å²) >= 11 is 0. The van der Waals surface area contributed by atoms with E-state index in [2.05, 4.69) is 42.5 Å². The van der Waals surface area contributed by atoms with Crippen LogP contribution in [0.1, 0.15) is 22.4 Å². The summed E-state index contributed by atoms with van der Waals surface area (Å²) in [4.78, 5) is 0. The predicted octanol–water partition coefficient (Wildman–Crippen LogP) is 2.96. The first-order valence-electron chi connectivity index (χ1n) is 5.86. The smallest absolute Gasteiger partial charge is 0.0825 e. The fourth-order valence-corrected chi connectivity index (χ4v) is 1.95. The molecule has 0 unspecified atom stereocenters. The first-order valence-corrected chi connectivity index (χ1v) is 5.86. The van der Waals surface area contributed by atoms with Gasteiger partial charge in [-0.15, -0.1) is 0 Å². The van der Waals surface area contributed by atoms with Crippen molar-refractivity contribution in [2.45, 2.75) is 27.3 Å². The molecule has 1 N–H and O–H groups in total. The predicted molar refractivity (Wildman–Crippen MR) is 71.2 cm³/mol. The minimum Gasteiger partial charge on any atom is -0.378 e. The first kappa shape index (κ1) is 11.7. The molecule has 3 nitrogen and oxygen atoms in total. The summed E-state index contributed by atoms with van der Waals surface area (Å²) in [5.41, 5.74) is 6.11. The van der Waals surface area contributed by atoms with Crippen molar-refractivity contribution in [1.29, 1.82) is 0 Å². The second-order valence-electron chi connectivity index (χ2n) is 4.59. The molecule has 0 amide bonds. The van der Waals surface area contributed by atoms with Crippen LogP contribution in [-0.2, 0) is 13.6 Å². The lowest BCUT2D eigenvalue weighted by Crippen LogP contribution is -2.02. The van der Waals surface area contributed by atoms with Crippen molar-refractivity contribution in [2.75, 3.05) is 5.32 Å².